The molecule has 3 nitrogen and oxygen atoms in total. The molecule has 158 valence electrons. The smallest absolute Gasteiger partial charge is 0.0594 e. The molecule has 0 aliphatic heterocycles. The summed E-state index contributed by atoms with van der Waals surface area (Å²) in [7, 11) is 4.17. The SMILES string of the molecule is C=C1[C@H](NC)CC[C@]23C[C@]24CC[C@]2(C)[C@@H]([C@H](C)NC)[C@H](O)C[C@@]2(C)[C@@H]4CC[C@@H]13. The van der Waals surface area contributed by atoms with E-state index in [-0.39, 0.29) is 16.9 Å². The van der Waals surface area contributed by atoms with Crippen molar-refractivity contribution in [3.63, 3.8) is 0 Å². The van der Waals surface area contributed by atoms with Gasteiger partial charge in [-0.1, -0.05) is 26.0 Å². The Balaban J connectivity index is 1.51. The Morgan fingerprint density at radius 2 is 1.79 bits per heavy atom. The van der Waals surface area contributed by atoms with E-state index in [0.29, 0.717) is 28.8 Å². The zero-order chi connectivity index (χ0) is 20.1. The third kappa shape index (κ3) is 1.98. The number of aliphatic hydroxyl groups excluding tert-OH is 1. The molecule has 2 spiro atoms. The minimum Gasteiger partial charge on any atom is -0.393 e. The van der Waals surface area contributed by atoms with Gasteiger partial charge in [0, 0.05) is 18.0 Å². The van der Waals surface area contributed by atoms with Crippen molar-refractivity contribution < 1.29 is 5.11 Å². The fourth-order valence-electron chi connectivity index (χ4n) is 10.1. The fraction of sp³-hybridized carbons (Fsp3) is 0.920. The molecule has 0 bridgehead atoms. The molecule has 0 amide bonds. The fourth-order valence-corrected chi connectivity index (χ4v) is 10.1. The molecule has 5 rings (SSSR count). The van der Waals surface area contributed by atoms with Crippen molar-refractivity contribution in [3.8, 4) is 0 Å². The average Bonchev–Trinajstić information content (AvgIpc) is 3.27. The van der Waals surface area contributed by atoms with E-state index in [1.54, 1.807) is 0 Å². The van der Waals surface area contributed by atoms with E-state index >= 15 is 0 Å². The number of rotatable bonds is 3. The maximum Gasteiger partial charge on any atom is 0.0594 e. The van der Waals surface area contributed by atoms with Gasteiger partial charge in [0.1, 0.15) is 0 Å². The maximum absolute atomic E-state index is 11.2. The van der Waals surface area contributed by atoms with Gasteiger partial charge in [0.15, 0.2) is 0 Å². The predicted octanol–water partition coefficient (Wildman–Crippen LogP) is 4.12. The van der Waals surface area contributed by atoms with E-state index in [1.807, 2.05) is 0 Å². The molecule has 0 heterocycles. The van der Waals surface area contributed by atoms with Crippen LogP contribution in [0.15, 0.2) is 12.2 Å². The van der Waals surface area contributed by atoms with Crippen molar-refractivity contribution in [2.45, 2.75) is 90.3 Å². The number of aliphatic hydroxyl groups is 1. The lowest BCUT2D eigenvalue weighted by atomic mass is 9.43. The Labute approximate surface area is 172 Å². The van der Waals surface area contributed by atoms with Crippen LogP contribution in [0.1, 0.15) is 72.1 Å². The highest BCUT2D eigenvalue weighted by atomic mass is 16.3. The summed E-state index contributed by atoms with van der Waals surface area (Å²) in [5.74, 6) is 1.90. The zero-order valence-electron chi connectivity index (χ0n) is 18.8. The topological polar surface area (TPSA) is 44.3 Å². The Hall–Kier alpha value is -0.380. The van der Waals surface area contributed by atoms with Crippen LogP contribution in [0.5, 0.6) is 0 Å². The van der Waals surface area contributed by atoms with Crippen molar-refractivity contribution in [1.29, 1.82) is 0 Å². The lowest BCUT2D eigenvalue weighted by Gasteiger charge is -2.61. The lowest BCUT2D eigenvalue weighted by Crippen LogP contribution is -2.56. The summed E-state index contributed by atoms with van der Waals surface area (Å²) in [5, 5.41) is 18.2. The number of fused-ring (bicyclic) bond motifs is 2. The van der Waals surface area contributed by atoms with Crippen molar-refractivity contribution in [3.05, 3.63) is 12.2 Å². The first kappa shape index (κ1) is 19.6. The molecule has 10 atom stereocenters. The molecule has 3 heteroatoms. The second kappa shape index (κ2) is 5.86. The van der Waals surface area contributed by atoms with Crippen molar-refractivity contribution in [1.82, 2.24) is 10.6 Å². The third-order valence-corrected chi connectivity index (χ3v) is 11.6. The monoisotopic (exact) mass is 386 g/mol. The van der Waals surface area contributed by atoms with E-state index < -0.39 is 0 Å². The summed E-state index contributed by atoms with van der Waals surface area (Å²) >= 11 is 0. The third-order valence-electron chi connectivity index (χ3n) is 11.6. The Morgan fingerprint density at radius 3 is 2.46 bits per heavy atom. The maximum atomic E-state index is 11.2. The molecule has 0 saturated heterocycles. The Bertz CT molecular complexity index is 692. The highest BCUT2D eigenvalue weighted by Gasteiger charge is 2.81. The van der Waals surface area contributed by atoms with Gasteiger partial charge in [0.25, 0.3) is 0 Å². The van der Waals surface area contributed by atoms with Crippen LogP contribution >= 0.6 is 0 Å². The van der Waals surface area contributed by atoms with Gasteiger partial charge in [0.05, 0.1) is 6.10 Å². The van der Waals surface area contributed by atoms with Crippen molar-refractivity contribution >= 4 is 0 Å². The zero-order valence-corrected chi connectivity index (χ0v) is 18.8. The van der Waals surface area contributed by atoms with E-state index in [0.717, 1.165) is 18.3 Å². The highest BCUT2D eigenvalue weighted by molar-refractivity contribution is 5.35. The van der Waals surface area contributed by atoms with Crippen LogP contribution in [-0.2, 0) is 0 Å². The lowest BCUT2D eigenvalue weighted by molar-refractivity contribution is -0.120. The van der Waals surface area contributed by atoms with Gasteiger partial charge in [-0.25, -0.2) is 0 Å². The van der Waals surface area contributed by atoms with Crippen LogP contribution in [-0.4, -0.2) is 37.4 Å². The van der Waals surface area contributed by atoms with Crippen molar-refractivity contribution in [2.75, 3.05) is 14.1 Å². The quantitative estimate of drug-likeness (QED) is 0.639. The predicted molar refractivity (Wildman–Crippen MR) is 115 cm³/mol. The minimum absolute atomic E-state index is 0.157. The van der Waals surface area contributed by atoms with Gasteiger partial charge < -0.3 is 15.7 Å². The first-order valence-corrected chi connectivity index (χ1v) is 11.9. The van der Waals surface area contributed by atoms with Gasteiger partial charge >= 0.3 is 0 Å². The number of likely N-dealkylation sites (N-methyl/N-ethyl adjacent to an activating group) is 1. The van der Waals surface area contributed by atoms with Gasteiger partial charge in [-0.3, -0.25) is 0 Å². The van der Waals surface area contributed by atoms with Crippen LogP contribution in [0.3, 0.4) is 0 Å². The summed E-state index contributed by atoms with van der Waals surface area (Å²) in [6.45, 7) is 12.0. The van der Waals surface area contributed by atoms with Gasteiger partial charge in [-0.2, -0.15) is 0 Å². The first-order chi connectivity index (χ1) is 13.2. The number of hydrogen-bond acceptors (Lipinski definition) is 3. The van der Waals surface area contributed by atoms with E-state index in [9.17, 15) is 5.11 Å². The first-order valence-electron chi connectivity index (χ1n) is 11.9. The second-order valence-corrected chi connectivity index (χ2v) is 11.8. The van der Waals surface area contributed by atoms with Crippen LogP contribution < -0.4 is 10.6 Å². The van der Waals surface area contributed by atoms with Gasteiger partial charge in [-0.15, -0.1) is 0 Å². The van der Waals surface area contributed by atoms with E-state index in [4.69, 9.17) is 0 Å². The molecule has 3 N–H and O–H groups in total. The molecule has 5 aliphatic rings. The number of hydrogen-bond donors (Lipinski definition) is 3. The summed E-state index contributed by atoms with van der Waals surface area (Å²) in [4.78, 5) is 0. The highest BCUT2D eigenvalue weighted by Crippen LogP contribution is 2.87. The molecule has 0 aromatic rings. The van der Waals surface area contributed by atoms with Crippen LogP contribution in [0.2, 0.25) is 0 Å². The van der Waals surface area contributed by atoms with Gasteiger partial charge in [0.2, 0.25) is 0 Å². The Kier molecular flexibility index (Phi) is 4.09. The molecule has 5 saturated carbocycles. The van der Waals surface area contributed by atoms with E-state index in [1.165, 1.54) is 50.5 Å². The van der Waals surface area contributed by atoms with Gasteiger partial charge in [-0.05, 0) is 106 Å². The van der Waals surface area contributed by atoms with E-state index in [2.05, 4.69) is 52.1 Å². The van der Waals surface area contributed by atoms with Crippen molar-refractivity contribution in [2.24, 2.45) is 39.4 Å². The molecule has 0 radical (unpaired) electrons. The largest absolute Gasteiger partial charge is 0.393 e. The molecular formula is C25H42N2O. The summed E-state index contributed by atoms with van der Waals surface area (Å²) in [5.41, 5.74) is 3.12. The molecular weight excluding hydrogens is 344 g/mol. The second-order valence-electron chi connectivity index (χ2n) is 11.8. The average molecular weight is 387 g/mol. The standard InChI is InChI=1S/C25H42N2O/c1-15-17-7-8-20-23(4)13-19(28)21(16(2)26-5)22(23,3)11-12-25(20)14-24(17,25)10-9-18(15)27-6/h16-21,26-28H,1,7-14H2,2-6H3/t16-,17-,18+,19+,20-,21-,22+,23-,24+,25-/m0/s1. The normalized spacial score (nSPS) is 58.4. The number of nitrogens with one attached hydrogen (secondary N) is 2. The summed E-state index contributed by atoms with van der Waals surface area (Å²) in [6.07, 6.45) is 10.3. The molecule has 28 heavy (non-hydrogen) atoms. The minimum atomic E-state index is -0.157. The summed E-state index contributed by atoms with van der Waals surface area (Å²) in [6, 6.07) is 0.912. The molecule has 0 unspecified atom stereocenters. The molecule has 5 aliphatic carbocycles. The van der Waals surface area contributed by atoms with Crippen LogP contribution in [0.4, 0.5) is 0 Å². The van der Waals surface area contributed by atoms with Crippen LogP contribution in [0.25, 0.3) is 0 Å². The molecule has 0 aromatic heterocycles. The molecule has 0 aromatic carbocycles. The summed E-state index contributed by atoms with van der Waals surface area (Å²) < 4.78 is 0. The molecule has 5 fully saturated rings. The van der Waals surface area contributed by atoms with Crippen LogP contribution in [0, 0.1) is 39.4 Å². The Morgan fingerprint density at radius 1 is 1.04 bits per heavy atom.